The van der Waals surface area contributed by atoms with Crippen molar-refractivity contribution < 1.29 is 18.0 Å². The van der Waals surface area contributed by atoms with Gasteiger partial charge in [-0.15, -0.1) is 0 Å². The maximum Gasteiger partial charge on any atom is 0.259 e. The van der Waals surface area contributed by atoms with Crippen molar-refractivity contribution in [3.05, 3.63) is 119 Å². The first-order valence-electron chi connectivity index (χ1n) is 12.9. The highest BCUT2D eigenvalue weighted by molar-refractivity contribution is 7.91. The minimum absolute atomic E-state index is 0.0300. The molecular weight excluding hydrogens is 546 g/mol. The SMILES string of the molecule is CCN(CCNC(=O)c1ccc2c(c1)N(Cc1ccc(Cl)cc1)C(=O)c1ccccc1S2(=O)=O)c1ccccc1. The second-order valence-corrected chi connectivity index (χ2v) is 11.7. The third kappa shape index (κ3) is 5.46. The Balaban J connectivity index is 1.47. The van der Waals surface area contributed by atoms with Crippen LogP contribution in [-0.4, -0.2) is 39.9 Å². The highest BCUT2D eigenvalue weighted by atomic mass is 35.5. The van der Waals surface area contributed by atoms with Crippen LogP contribution in [0.1, 0.15) is 33.2 Å². The van der Waals surface area contributed by atoms with E-state index in [1.54, 1.807) is 36.4 Å². The fourth-order valence-electron chi connectivity index (χ4n) is 4.79. The summed E-state index contributed by atoms with van der Waals surface area (Å²) in [4.78, 5) is 30.4. The molecule has 9 heteroatoms. The molecule has 2 amide bonds. The van der Waals surface area contributed by atoms with Gasteiger partial charge in [0.2, 0.25) is 9.84 Å². The molecule has 0 unspecified atom stereocenters. The standard InChI is InChI=1S/C31H28ClN3O4S/c1-2-34(25-8-4-3-5-9-25)19-18-33-30(36)23-14-17-29-27(20-23)35(21-22-12-15-24(32)16-13-22)31(37)26-10-6-7-11-28(26)40(29,38)39/h3-17,20H,2,18-19,21H2,1H3,(H,33,36). The monoisotopic (exact) mass is 573 g/mol. The molecule has 0 saturated carbocycles. The molecule has 0 aliphatic carbocycles. The van der Waals surface area contributed by atoms with Gasteiger partial charge in [-0.25, -0.2) is 8.42 Å². The maximum atomic E-state index is 13.8. The average Bonchev–Trinajstić information content (AvgIpc) is 3.04. The van der Waals surface area contributed by atoms with Gasteiger partial charge >= 0.3 is 0 Å². The summed E-state index contributed by atoms with van der Waals surface area (Å²) in [6.45, 7) is 3.91. The molecule has 0 bridgehead atoms. The Morgan fingerprint density at radius 1 is 0.900 bits per heavy atom. The van der Waals surface area contributed by atoms with Crippen LogP contribution in [0.2, 0.25) is 5.02 Å². The number of carbonyl (C=O) groups excluding carboxylic acids is 2. The van der Waals surface area contributed by atoms with Gasteiger partial charge < -0.3 is 15.1 Å². The summed E-state index contributed by atoms with van der Waals surface area (Å²) in [7, 11) is -4.03. The van der Waals surface area contributed by atoms with E-state index in [2.05, 4.69) is 10.2 Å². The van der Waals surface area contributed by atoms with Crippen LogP contribution in [0.25, 0.3) is 0 Å². The van der Waals surface area contributed by atoms with Crippen molar-refractivity contribution >= 4 is 44.6 Å². The molecule has 0 aromatic heterocycles. The molecule has 5 rings (SSSR count). The van der Waals surface area contributed by atoms with Crippen LogP contribution in [0.3, 0.4) is 0 Å². The van der Waals surface area contributed by atoms with Crippen LogP contribution >= 0.6 is 11.6 Å². The Kier molecular flexibility index (Phi) is 7.91. The van der Waals surface area contributed by atoms with E-state index >= 15 is 0 Å². The van der Waals surface area contributed by atoms with E-state index < -0.39 is 15.7 Å². The highest BCUT2D eigenvalue weighted by Crippen LogP contribution is 2.38. The number of benzene rings is 4. The number of likely N-dealkylation sites (N-methyl/N-ethyl adjacent to an activating group) is 1. The highest BCUT2D eigenvalue weighted by Gasteiger charge is 2.36. The van der Waals surface area contributed by atoms with E-state index in [9.17, 15) is 18.0 Å². The summed E-state index contributed by atoms with van der Waals surface area (Å²) < 4.78 is 27.4. The third-order valence-corrected chi connectivity index (χ3v) is 8.99. The number of nitrogens with zero attached hydrogens (tertiary/aromatic N) is 2. The first-order valence-corrected chi connectivity index (χ1v) is 14.8. The summed E-state index contributed by atoms with van der Waals surface area (Å²) >= 11 is 6.05. The topological polar surface area (TPSA) is 86.8 Å². The van der Waals surface area contributed by atoms with Gasteiger partial charge in [-0.3, -0.25) is 9.59 Å². The smallest absolute Gasteiger partial charge is 0.259 e. The quantitative estimate of drug-likeness (QED) is 0.297. The van der Waals surface area contributed by atoms with Crippen molar-refractivity contribution in [1.29, 1.82) is 0 Å². The molecule has 0 saturated heterocycles. The Morgan fingerprint density at radius 3 is 2.33 bits per heavy atom. The Labute approximate surface area is 238 Å². The molecule has 1 N–H and O–H groups in total. The molecule has 204 valence electrons. The molecule has 1 heterocycles. The molecule has 0 fully saturated rings. The number of halogens is 1. The summed E-state index contributed by atoms with van der Waals surface area (Å²) in [5.41, 5.74) is 2.32. The fraction of sp³-hybridized carbons (Fsp3) is 0.161. The number of nitrogens with one attached hydrogen (secondary N) is 1. The molecule has 40 heavy (non-hydrogen) atoms. The lowest BCUT2D eigenvalue weighted by Gasteiger charge is -2.24. The van der Waals surface area contributed by atoms with Crippen LogP contribution in [0, 0.1) is 0 Å². The number of hydrogen-bond acceptors (Lipinski definition) is 5. The predicted molar refractivity (Wildman–Crippen MR) is 157 cm³/mol. The van der Waals surface area contributed by atoms with Crippen molar-refractivity contribution in [1.82, 2.24) is 5.32 Å². The summed E-state index contributed by atoms with van der Waals surface area (Å²) in [6, 6.07) is 27.5. The van der Waals surface area contributed by atoms with Crippen LogP contribution in [0.4, 0.5) is 11.4 Å². The van der Waals surface area contributed by atoms with E-state index in [0.29, 0.717) is 18.1 Å². The van der Waals surface area contributed by atoms with Crippen LogP contribution in [-0.2, 0) is 16.4 Å². The number of carbonyl (C=O) groups is 2. The van der Waals surface area contributed by atoms with Crippen LogP contribution in [0.15, 0.2) is 107 Å². The molecule has 0 spiro atoms. The number of para-hydroxylation sites is 1. The largest absolute Gasteiger partial charge is 0.370 e. The summed E-state index contributed by atoms with van der Waals surface area (Å²) in [5.74, 6) is -0.822. The second kappa shape index (κ2) is 11.5. The van der Waals surface area contributed by atoms with E-state index in [0.717, 1.165) is 17.8 Å². The Hall–Kier alpha value is -4.14. The molecule has 0 radical (unpaired) electrons. The predicted octanol–water partition coefficient (Wildman–Crippen LogP) is 5.59. The molecule has 4 aromatic carbocycles. The van der Waals surface area contributed by atoms with Crippen LogP contribution in [0.5, 0.6) is 0 Å². The number of amides is 2. The van der Waals surface area contributed by atoms with Gasteiger partial charge in [0.15, 0.2) is 0 Å². The van der Waals surface area contributed by atoms with Crippen molar-refractivity contribution in [2.45, 2.75) is 23.3 Å². The Morgan fingerprint density at radius 2 is 1.60 bits per heavy atom. The zero-order valence-corrected chi connectivity index (χ0v) is 23.5. The number of fused-ring (bicyclic) bond motifs is 2. The van der Waals surface area contributed by atoms with Gasteiger partial charge in [-0.1, -0.05) is 54.1 Å². The second-order valence-electron chi connectivity index (χ2n) is 9.37. The lowest BCUT2D eigenvalue weighted by molar-refractivity contribution is 0.0950. The molecule has 4 aromatic rings. The fourth-order valence-corrected chi connectivity index (χ4v) is 6.55. The van der Waals surface area contributed by atoms with Gasteiger partial charge in [-0.05, 0) is 67.1 Å². The van der Waals surface area contributed by atoms with E-state index in [1.807, 2.05) is 37.3 Å². The molecule has 1 aliphatic rings. The van der Waals surface area contributed by atoms with Gasteiger partial charge in [0.05, 0.1) is 27.6 Å². The normalized spacial score (nSPS) is 13.7. The van der Waals surface area contributed by atoms with E-state index in [1.165, 1.54) is 35.2 Å². The van der Waals surface area contributed by atoms with Crippen molar-refractivity contribution in [3.8, 4) is 0 Å². The first-order chi connectivity index (χ1) is 19.3. The van der Waals surface area contributed by atoms with E-state index in [-0.39, 0.29) is 39.1 Å². The van der Waals surface area contributed by atoms with E-state index in [4.69, 9.17) is 11.6 Å². The van der Waals surface area contributed by atoms with Gasteiger partial charge in [0, 0.05) is 35.9 Å². The molecule has 7 nitrogen and oxygen atoms in total. The maximum absolute atomic E-state index is 13.8. The summed E-state index contributed by atoms with van der Waals surface area (Å²) in [6.07, 6.45) is 0. The third-order valence-electron chi connectivity index (χ3n) is 6.88. The number of anilines is 2. The number of sulfone groups is 1. The average molecular weight is 574 g/mol. The van der Waals surface area contributed by atoms with Crippen molar-refractivity contribution in [2.75, 3.05) is 29.4 Å². The minimum atomic E-state index is -4.03. The van der Waals surface area contributed by atoms with Crippen molar-refractivity contribution in [2.24, 2.45) is 0 Å². The molecule has 0 atom stereocenters. The zero-order valence-electron chi connectivity index (χ0n) is 21.9. The van der Waals surface area contributed by atoms with Gasteiger partial charge in [-0.2, -0.15) is 0 Å². The van der Waals surface area contributed by atoms with Gasteiger partial charge in [0.1, 0.15) is 0 Å². The number of rotatable bonds is 8. The lowest BCUT2D eigenvalue weighted by Crippen LogP contribution is -2.35. The Bertz CT molecular complexity index is 1660. The minimum Gasteiger partial charge on any atom is -0.370 e. The van der Waals surface area contributed by atoms with Gasteiger partial charge in [0.25, 0.3) is 11.8 Å². The summed E-state index contributed by atoms with van der Waals surface area (Å²) in [5, 5.41) is 3.48. The molecular formula is C31H28ClN3O4S. The molecule has 1 aliphatic heterocycles. The zero-order chi connectivity index (χ0) is 28.3. The number of hydrogen-bond donors (Lipinski definition) is 1. The van der Waals surface area contributed by atoms with Crippen molar-refractivity contribution in [3.63, 3.8) is 0 Å². The first kappa shape index (κ1) is 27.4. The lowest BCUT2D eigenvalue weighted by atomic mass is 10.1. The van der Waals surface area contributed by atoms with Crippen LogP contribution < -0.4 is 15.1 Å².